The van der Waals surface area contributed by atoms with E-state index in [0.717, 1.165) is 16.5 Å². The average molecular weight is 461 g/mol. The number of carbonyl (C=O) groups is 1. The van der Waals surface area contributed by atoms with E-state index in [-0.39, 0.29) is 41.5 Å². The van der Waals surface area contributed by atoms with Gasteiger partial charge in [0.15, 0.2) is 6.10 Å². The van der Waals surface area contributed by atoms with Gasteiger partial charge in [0.2, 0.25) is 0 Å². The lowest BCUT2D eigenvalue weighted by molar-refractivity contribution is -0.157. The highest BCUT2D eigenvalue weighted by Gasteiger charge is 2.34. The monoisotopic (exact) mass is 460 g/mol. The number of hydrogen-bond acceptors (Lipinski definition) is 5. The van der Waals surface area contributed by atoms with E-state index in [1.54, 1.807) is 19.1 Å². The topological polar surface area (TPSA) is 81.4 Å². The van der Waals surface area contributed by atoms with Crippen molar-refractivity contribution in [2.45, 2.75) is 59.8 Å². The second-order valence-corrected chi connectivity index (χ2v) is 7.30. The molecule has 0 saturated carbocycles. The van der Waals surface area contributed by atoms with Gasteiger partial charge in [-0.15, -0.1) is 11.6 Å². The number of alkyl halides is 1. The molecule has 2 aliphatic heterocycles. The Labute approximate surface area is 190 Å². The Morgan fingerprint density at radius 2 is 1.88 bits per heavy atom. The Hall–Kier alpha value is -2.77. The molecule has 1 aromatic carbocycles. The van der Waals surface area contributed by atoms with E-state index < -0.39 is 12.1 Å². The van der Waals surface area contributed by atoms with Gasteiger partial charge in [-0.25, -0.2) is 14.2 Å². The number of hydrogen-bond donors (Lipinski definition) is 1. The largest absolute Gasteiger partial charge is 0.458 e. The van der Waals surface area contributed by atoms with E-state index in [1.165, 1.54) is 10.6 Å². The molecule has 1 atom stereocenters. The van der Waals surface area contributed by atoms with Crippen molar-refractivity contribution in [2.75, 3.05) is 0 Å². The van der Waals surface area contributed by atoms with Crippen molar-refractivity contribution in [3.05, 3.63) is 62.2 Å². The molecule has 1 N–H and O–H groups in total. The van der Waals surface area contributed by atoms with Crippen LogP contribution in [0.5, 0.6) is 0 Å². The highest BCUT2D eigenvalue weighted by Crippen LogP contribution is 2.38. The molecule has 0 radical (unpaired) electrons. The van der Waals surface area contributed by atoms with Crippen LogP contribution in [0, 0.1) is 12.7 Å². The van der Waals surface area contributed by atoms with Crippen LogP contribution in [0.25, 0.3) is 22.3 Å². The van der Waals surface area contributed by atoms with E-state index in [9.17, 15) is 19.1 Å². The van der Waals surface area contributed by atoms with Crippen molar-refractivity contribution in [3.8, 4) is 11.4 Å². The maximum atomic E-state index is 14.1. The van der Waals surface area contributed by atoms with E-state index in [1.807, 2.05) is 27.7 Å². The summed E-state index contributed by atoms with van der Waals surface area (Å²) in [6.45, 7) is 9.76. The highest BCUT2D eigenvalue weighted by molar-refractivity contribution is 6.18. The summed E-state index contributed by atoms with van der Waals surface area (Å²) in [6.07, 6.45) is -1.51. The molecule has 0 amide bonds. The molecular formula is C24H26ClFN2O4. The first-order valence-electron chi connectivity index (χ1n) is 10.7. The van der Waals surface area contributed by atoms with Crippen LogP contribution in [0.1, 0.15) is 61.6 Å². The van der Waals surface area contributed by atoms with Gasteiger partial charge in [-0.2, -0.15) is 0 Å². The Morgan fingerprint density at radius 3 is 2.53 bits per heavy atom. The van der Waals surface area contributed by atoms with E-state index in [0.29, 0.717) is 22.5 Å². The van der Waals surface area contributed by atoms with Crippen molar-refractivity contribution in [1.82, 2.24) is 9.55 Å². The Kier molecular flexibility index (Phi) is 7.00. The van der Waals surface area contributed by atoms with Gasteiger partial charge in [0, 0.05) is 28.5 Å². The molecule has 2 aromatic heterocycles. The Bertz CT molecular complexity index is 1270. The highest BCUT2D eigenvalue weighted by atomic mass is 35.5. The minimum absolute atomic E-state index is 0.178. The molecule has 3 aromatic rings. The van der Waals surface area contributed by atoms with Crippen LogP contribution in [0.15, 0.2) is 23.0 Å². The molecule has 0 saturated heterocycles. The average Bonchev–Trinajstić information content (AvgIpc) is 3.17. The molecule has 2 aliphatic rings. The molecule has 4 heterocycles. The molecule has 0 spiro atoms. The number of aryl methyl sites for hydroxylation is 1. The summed E-state index contributed by atoms with van der Waals surface area (Å²) in [5, 5.41) is 10.9. The molecular weight excluding hydrogens is 435 g/mol. The number of aliphatic hydroxyl groups excluding tert-OH is 1. The number of pyridine rings is 2. The van der Waals surface area contributed by atoms with Crippen LogP contribution in [0.4, 0.5) is 4.39 Å². The minimum atomic E-state index is -1.51. The van der Waals surface area contributed by atoms with Crippen LogP contribution in [0.2, 0.25) is 0 Å². The first kappa shape index (κ1) is 23.9. The molecule has 170 valence electrons. The maximum Gasteiger partial charge on any atom is 0.340 e. The fraction of sp³-hybridized carbons (Fsp3) is 0.375. The summed E-state index contributed by atoms with van der Waals surface area (Å²) < 4.78 is 20.5. The fourth-order valence-corrected chi connectivity index (χ4v) is 4.30. The van der Waals surface area contributed by atoms with Crippen LogP contribution < -0.4 is 5.56 Å². The minimum Gasteiger partial charge on any atom is -0.458 e. The molecule has 0 aliphatic carbocycles. The van der Waals surface area contributed by atoms with Gasteiger partial charge in [0.25, 0.3) is 5.56 Å². The van der Waals surface area contributed by atoms with Crippen LogP contribution in [-0.2, 0) is 28.6 Å². The standard InChI is InChI=1S/C20H14ClFN2O4.2C2H6/c1-8-2-9-11(5-21)12-6-24-16(17(12)23-15(9)4-14(8)22)3-10-13(19(24)26)7-28-20(27)18(10)25;2*1-2/h2-4,18,25H,5-7H2,1H3;2*1-2H3. The predicted octanol–water partition coefficient (Wildman–Crippen LogP) is 4.75. The maximum absolute atomic E-state index is 14.1. The molecule has 5 rings (SSSR count). The zero-order valence-corrected chi connectivity index (χ0v) is 19.5. The summed E-state index contributed by atoms with van der Waals surface area (Å²) >= 11 is 6.22. The molecule has 0 fully saturated rings. The number of ether oxygens (including phenoxy) is 1. The quantitative estimate of drug-likeness (QED) is 0.327. The first-order chi connectivity index (χ1) is 15.4. The van der Waals surface area contributed by atoms with Gasteiger partial charge in [0.1, 0.15) is 12.4 Å². The molecule has 32 heavy (non-hydrogen) atoms. The number of benzene rings is 1. The molecule has 8 heteroatoms. The lowest BCUT2D eigenvalue weighted by atomic mass is 9.98. The number of fused-ring (bicyclic) bond motifs is 5. The van der Waals surface area contributed by atoms with Crippen LogP contribution >= 0.6 is 11.6 Å². The third-order valence-electron chi connectivity index (χ3n) is 5.49. The molecule has 6 nitrogen and oxygen atoms in total. The lowest BCUT2D eigenvalue weighted by Gasteiger charge is -2.21. The number of nitrogens with zero attached hydrogens (tertiary/aromatic N) is 2. The van der Waals surface area contributed by atoms with Gasteiger partial charge >= 0.3 is 5.97 Å². The number of esters is 1. The smallest absolute Gasteiger partial charge is 0.340 e. The van der Waals surface area contributed by atoms with Crippen LogP contribution in [-0.4, -0.2) is 20.6 Å². The number of carbonyl (C=O) groups excluding carboxylic acids is 1. The number of rotatable bonds is 1. The van der Waals surface area contributed by atoms with Gasteiger partial charge < -0.3 is 14.4 Å². The number of aromatic nitrogens is 2. The number of halogens is 2. The fourth-order valence-electron chi connectivity index (χ4n) is 3.99. The summed E-state index contributed by atoms with van der Waals surface area (Å²) in [4.78, 5) is 29.3. The zero-order chi connectivity index (χ0) is 23.7. The predicted molar refractivity (Wildman–Crippen MR) is 122 cm³/mol. The zero-order valence-electron chi connectivity index (χ0n) is 18.8. The third-order valence-corrected chi connectivity index (χ3v) is 5.76. The SMILES string of the molecule is CC.CC.Cc1cc2c(CCl)c3c(nc2cc1F)-c1cc2c(c(=O)n1C3)COC(=O)C2O. The number of cyclic esters (lactones) is 1. The van der Waals surface area contributed by atoms with Crippen molar-refractivity contribution in [2.24, 2.45) is 0 Å². The summed E-state index contributed by atoms with van der Waals surface area (Å²) in [6, 6.07) is 4.66. The second-order valence-electron chi connectivity index (χ2n) is 7.03. The van der Waals surface area contributed by atoms with Crippen LogP contribution in [0.3, 0.4) is 0 Å². The van der Waals surface area contributed by atoms with Gasteiger partial charge in [0.05, 0.1) is 29.0 Å². The molecule has 0 bridgehead atoms. The van der Waals surface area contributed by atoms with Crippen molar-refractivity contribution in [1.29, 1.82) is 0 Å². The second kappa shape index (κ2) is 9.38. The van der Waals surface area contributed by atoms with Crippen molar-refractivity contribution >= 4 is 28.5 Å². The van der Waals surface area contributed by atoms with Gasteiger partial charge in [-0.1, -0.05) is 27.7 Å². The van der Waals surface area contributed by atoms with Crippen molar-refractivity contribution in [3.63, 3.8) is 0 Å². The first-order valence-corrected chi connectivity index (χ1v) is 11.2. The van der Waals surface area contributed by atoms with E-state index in [4.69, 9.17) is 16.3 Å². The summed E-state index contributed by atoms with van der Waals surface area (Å²) in [5.41, 5.74) is 3.63. The lowest BCUT2D eigenvalue weighted by Crippen LogP contribution is -2.32. The van der Waals surface area contributed by atoms with Crippen molar-refractivity contribution < 1.29 is 19.0 Å². The van der Waals surface area contributed by atoms with E-state index >= 15 is 0 Å². The normalized spacial score (nSPS) is 15.5. The van der Waals surface area contributed by atoms with Gasteiger partial charge in [-0.05, 0) is 30.2 Å². The number of aliphatic hydroxyl groups is 1. The Morgan fingerprint density at radius 1 is 1.19 bits per heavy atom. The van der Waals surface area contributed by atoms with E-state index in [2.05, 4.69) is 4.98 Å². The third kappa shape index (κ3) is 3.59. The summed E-state index contributed by atoms with van der Waals surface area (Å²) in [7, 11) is 0. The Balaban J connectivity index is 0.000000686. The van der Waals surface area contributed by atoms with Gasteiger partial charge in [-0.3, -0.25) is 4.79 Å². The molecule has 1 unspecified atom stereocenters. The summed E-state index contributed by atoms with van der Waals surface area (Å²) in [5.74, 6) is -0.987.